The molecule has 0 radical (unpaired) electrons. The van der Waals surface area contributed by atoms with Crippen LogP contribution < -0.4 is 10.5 Å². The lowest BCUT2D eigenvalue weighted by molar-refractivity contribution is 0.736. The largest absolute Gasteiger partial charge is 0.276 e. The summed E-state index contributed by atoms with van der Waals surface area (Å²) in [5.41, 5.74) is 3.77. The molecule has 0 fully saturated rings. The van der Waals surface area contributed by atoms with Crippen molar-refractivity contribution in [2.45, 2.75) is 0 Å². The first-order valence-electron chi connectivity index (χ1n) is 4.28. The zero-order valence-corrected chi connectivity index (χ0v) is 7.31. The molecule has 70 valence electrons. The van der Waals surface area contributed by atoms with Crippen molar-refractivity contribution in [1.29, 1.82) is 0 Å². The highest BCUT2D eigenvalue weighted by atomic mass is 15.8. The van der Waals surface area contributed by atoms with Gasteiger partial charge in [0.1, 0.15) is 0 Å². The number of para-hydroxylation sites is 1. The van der Waals surface area contributed by atoms with Crippen LogP contribution >= 0.6 is 0 Å². The summed E-state index contributed by atoms with van der Waals surface area (Å²) in [6, 6.07) is 7.94. The first-order valence-corrected chi connectivity index (χ1v) is 4.28. The van der Waals surface area contributed by atoms with Gasteiger partial charge < -0.3 is 0 Å². The van der Waals surface area contributed by atoms with E-state index in [2.05, 4.69) is 26.1 Å². The molecule has 1 aromatic heterocycles. The average Bonchev–Trinajstić information content (AvgIpc) is 2.85. The highest BCUT2D eigenvalue weighted by Gasteiger charge is 2.15. The zero-order valence-electron chi connectivity index (χ0n) is 7.31. The molecule has 2 heterocycles. The molecule has 0 amide bonds. The third-order valence-corrected chi connectivity index (χ3v) is 2.15. The van der Waals surface area contributed by atoms with Crippen LogP contribution in [0, 0.1) is 0 Å². The fourth-order valence-electron chi connectivity index (χ4n) is 1.48. The second-order valence-electron chi connectivity index (χ2n) is 3.00. The molecule has 6 nitrogen and oxygen atoms in total. The van der Waals surface area contributed by atoms with Crippen molar-refractivity contribution in [2.75, 3.05) is 11.7 Å². The molecular formula is C8H8N6. The second kappa shape index (κ2) is 2.69. The van der Waals surface area contributed by atoms with Crippen LogP contribution in [0.25, 0.3) is 10.9 Å². The van der Waals surface area contributed by atoms with E-state index in [1.165, 1.54) is 0 Å². The third kappa shape index (κ3) is 0.936. The normalized spacial score (nSPS) is 15.0. The van der Waals surface area contributed by atoms with Gasteiger partial charge in [-0.15, -0.1) is 5.11 Å². The molecule has 0 atom stereocenters. The fraction of sp³-hybridized carbons (Fsp3) is 0.125. The molecule has 3 rings (SSSR count). The second-order valence-corrected chi connectivity index (χ2v) is 3.00. The van der Waals surface area contributed by atoms with Gasteiger partial charge in [-0.05, 0) is 12.1 Å². The van der Waals surface area contributed by atoms with Crippen LogP contribution in [0.2, 0.25) is 0 Å². The number of anilines is 1. The van der Waals surface area contributed by atoms with E-state index in [9.17, 15) is 0 Å². The van der Waals surface area contributed by atoms with Gasteiger partial charge in [-0.25, -0.2) is 5.01 Å². The van der Waals surface area contributed by atoms with Gasteiger partial charge in [0, 0.05) is 5.39 Å². The molecule has 14 heavy (non-hydrogen) atoms. The summed E-state index contributed by atoms with van der Waals surface area (Å²) in [5, 5.41) is 17.5. The van der Waals surface area contributed by atoms with Gasteiger partial charge in [-0.3, -0.25) is 5.10 Å². The third-order valence-electron chi connectivity index (χ3n) is 2.15. The van der Waals surface area contributed by atoms with Crippen molar-refractivity contribution in [3.8, 4) is 0 Å². The Bertz CT molecular complexity index is 479. The average molecular weight is 188 g/mol. The van der Waals surface area contributed by atoms with Crippen molar-refractivity contribution in [3.63, 3.8) is 0 Å². The Hall–Kier alpha value is -2.11. The van der Waals surface area contributed by atoms with Gasteiger partial charge in [0.15, 0.2) is 12.5 Å². The number of H-pyrrole nitrogens is 1. The van der Waals surface area contributed by atoms with Crippen LogP contribution in [-0.2, 0) is 0 Å². The van der Waals surface area contributed by atoms with Crippen molar-refractivity contribution < 1.29 is 0 Å². The molecule has 1 aliphatic rings. The minimum atomic E-state index is 0.495. The summed E-state index contributed by atoms with van der Waals surface area (Å²) < 4.78 is 0. The number of fused-ring (bicyclic) bond motifs is 1. The molecule has 0 spiro atoms. The number of hydrogen-bond acceptors (Lipinski definition) is 5. The molecule has 1 aliphatic heterocycles. The maximum absolute atomic E-state index is 4.20. The molecule has 2 aromatic rings. The van der Waals surface area contributed by atoms with Crippen LogP contribution in [0.4, 0.5) is 5.82 Å². The highest BCUT2D eigenvalue weighted by Crippen LogP contribution is 2.23. The SMILES string of the molecule is c1ccc2c(N3CN=NN3)n[nH]c2c1. The molecule has 0 saturated carbocycles. The smallest absolute Gasteiger partial charge is 0.179 e. The Balaban J connectivity index is 2.12. The topological polar surface area (TPSA) is 68.7 Å². The van der Waals surface area contributed by atoms with E-state index in [1.807, 2.05) is 24.3 Å². The van der Waals surface area contributed by atoms with Crippen molar-refractivity contribution in [2.24, 2.45) is 10.3 Å². The van der Waals surface area contributed by atoms with E-state index in [-0.39, 0.29) is 0 Å². The van der Waals surface area contributed by atoms with Crippen LogP contribution in [0.15, 0.2) is 34.6 Å². The lowest BCUT2D eigenvalue weighted by atomic mass is 10.2. The van der Waals surface area contributed by atoms with Gasteiger partial charge in [0.25, 0.3) is 0 Å². The maximum atomic E-state index is 4.20. The Morgan fingerprint density at radius 1 is 1.29 bits per heavy atom. The minimum absolute atomic E-state index is 0.495. The number of aromatic nitrogens is 2. The van der Waals surface area contributed by atoms with E-state index in [0.29, 0.717) is 6.67 Å². The molecular weight excluding hydrogens is 180 g/mol. The minimum Gasteiger partial charge on any atom is -0.276 e. The van der Waals surface area contributed by atoms with Crippen LogP contribution in [0.1, 0.15) is 0 Å². The number of nitrogens with zero attached hydrogens (tertiary/aromatic N) is 4. The van der Waals surface area contributed by atoms with Crippen LogP contribution in [0.5, 0.6) is 0 Å². The first-order chi connectivity index (χ1) is 6.95. The van der Waals surface area contributed by atoms with Crippen LogP contribution in [0.3, 0.4) is 0 Å². The quantitative estimate of drug-likeness (QED) is 0.706. The summed E-state index contributed by atoms with van der Waals surface area (Å²) in [4.78, 5) is 0. The van der Waals surface area contributed by atoms with Gasteiger partial charge in [-0.2, -0.15) is 10.6 Å². The molecule has 6 heteroatoms. The summed E-state index contributed by atoms with van der Waals surface area (Å²) in [5.74, 6) is 0.825. The summed E-state index contributed by atoms with van der Waals surface area (Å²) in [7, 11) is 0. The van der Waals surface area contributed by atoms with Gasteiger partial charge in [0.2, 0.25) is 0 Å². The Morgan fingerprint density at radius 3 is 3.07 bits per heavy atom. The Morgan fingerprint density at radius 2 is 2.21 bits per heavy atom. The molecule has 0 unspecified atom stereocenters. The van der Waals surface area contributed by atoms with Crippen molar-refractivity contribution >= 4 is 16.7 Å². The number of hydrazine groups is 1. The summed E-state index contributed by atoms with van der Waals surface area (Å²) >= 11 is 0. The monoisotopic (exact) mass is 188 g/mol. The molecule has 1 aromatic carbocycles. The molecule has 2 N–H and O–H groups in total. The number of hydrogen-bond donors (Lipinski definition) is 2. The van der Waals surface area contributed by atoms with Crippen LogP contribution in [-0.4, -0.2) is 16.9 Å². The fourth-order valence-corrected chi connectivity index (χ4v) is 1.48. The number of benzene rings is 1. The van der Waals surface area contributed by atoms with E-state index in [0.717, 1.165) is 16.7 Å². The number of rotatable bonds is 1. The van der Waals surface area contributed by atoms with Gasteiger partial charge in [0.05, 0.1) is 5.52 Å². The molecule has 0 saturated heterocycles. The zero-order chi connectivity index (χ0) is 9.38. The number of nitrogens with one attached hydrogen (secondary N) is 2. The number of aromatic amines is 1. The van der Waals surface area contributed by atoms with E-state index >= 15 is 0 Å². The predicted molar refractivity (Wildman–Crippen MR) is 51.4 cm³/mol. The van der Waals surface area contributed by atoms with E-state index < -0.39 is 0 Å². The Kier molecular flexibility index (Phi) is 1.41. The first kappa shape index (κ1) is 7.31. The standard InChI is InChI=1S/C8H8N6/c1-2-4-7-6(3-1)8(11-10-7)14-5-9-12-13-14/h1-4H,5H2,(H,9,13)(H,10,11). The van der Waals surface area contributed by atoms with Crippen molar-refractivity contribution in [1.82, 2.24) is 15.7 Å². The summed E-state index contributed by atoms with van der Waals surface area (Å²) in [6.45, 7) is 0.495. The maximum Gasteiger partial charge on any atom is 0.179 e. The summed E-state index contributed by atoms with van der Waals surface area (Å²) in [6.07, 6.45) is 0. The highest BCUT2D eigenvalue weighted by molar-refractivity contribution is 5.89. The molecule has 0 bridgehead atoms. The van der Waals surface area contributed by atoms with E-state index in [4.69, 9.17) is 0 Å². The lowest BCUT2D eigenvalue weighted by Gasteiger charge is -2.10. The van der Waals surface area contributed by atoms with E-state index in [1.54, 1.807) is 5.01 Å². The van der Waals surface area contributed by atoms with Crippen molar-refractivity contribution in [3.05, 3.63) is 24.3 Å². The Labute approximate surface area is 79.6 Å². The van der Waals surface area contributed by atoms with Gasteiger partial charge >= 0.3 is 0 Å². The lowest BCUT2D eigenvalue weighted by Crippen LogP contribution is -2.29. The van der Waals surface area contributed by atoms with Gasteiger partial charge in [-0.1, -0.05) is 17.4 Å². The molecule has 0 aliphatic carbocycles. The predicted octanol–water partition coefficient (Wildman–Crippen LogP) is 1.21.